The van der Waals surface area contributed by atoms with Gasteiger partial charge in [-0.2, -0.15) is 9.90 Å². The lowest BCUT2D eigenvalue weighted by molar-refractivity contribution is -0.0605. The lowest BCUT2D eigenvalue weighted by Crippen LogP contribution is -2.34. The molecular weight excluding hydrogens is 522 g/mol. The molecular formula is C32H25N3O6. The number of nitrogens with zero attached hydrogens (tertiary/aromatic N) is 3. The van der Waals surface area contributed by atoms with Crippen molar-refractivity contribution in [3.8, 4) is 5.69 Å². The number of hydrogen-bond donors (Lipinski definition) is 0. The molecule has 2 atom stereocenters. The Morgan fingerprint density at radius 3 is 1.61 bits per heavy atom. The van der Waals surface area contributed by atoms with Crippen molar-refractivity contribution in [1.82, 2.24) is 15.0 Å². The number of esters is 3. The molecule has 0 N–H and O–H groups in total. The maximum atomic E-state index is 13.2. The summed E-state index contributed by atoms with van der Waals surface area (Å²) in [5, 5.41) is 8.83. The zero-order chi connectivity index (χ0) is 28.4. The van der Waals surface area contributed by atoms with Gasteiger partial charge in [-0.05, 0) is 48.5 Å². The summed E-state index contributed by atoms with van der Waals surface area (Å²) >= 11 is 0. The first-order valence-electron chi connectivity index (χ1n) is 12.8. The summed E-state index contributed by atoms with van der Waals surface area (Å²) in [6, 6.07) is 34.2. The normalized spacial score (nSPS) is 12.1. The van der Waals surface area contributed by atoms with E-state index in [1.807, 2.05) is 30.3 Å². The van der Waals surface area contributed by atoms with E-state index in [9.17, 15) is 14.4 Å². The largest absolute Gasteiger partial charge is 0.458 e. The fourth-order valence-electron chi connectivity index (χ4n) is 3.95. The van der Waals surface area contributed by atoms with Gasteiger partial charge >= 0.3 is 17.9 Å². The highest BCUT2D eigenvalue weighted by molar-refractivity contribution is 5.91. The highest BCUT2D eigenvalue weighted by Crippen LogP contribution is 2.26. The molecule has 0 amide bonds. The van der Waals surface area contributed by atoms with Gasteiger partial charge in [0.1, 0.15) is 12.3 Å². The Bertz CT molecular complexity index is 1590. The first-order chi connectivity index (χ1) is 20.1. The minimum absolute atomic E-state index is 0.194. The van der Waals surface area contributed by atoms with Crippen LogP contribution in [0.3, 0.4) is 0 Å². The van der Waals surface area contributed by atoms with E-state index in [0.717, 1.165) is 0 Å². The van der Waals surface area contributed by atoms with E-state index >= 15 is 0 Å². The van der Waals surface area contributed by atoms with Crippen LogP contribution in [0.2, 0.25) is 0 Å². The van der Waals surface area contributed by atoms with E-state index in [2.05, 4.69) is 10.2 Å². The fourth-order valence-corrected chi connectivity index (χ4v) is 3.95. The third-order valence-corrected chi connectivity index (χ3v) is 6.03. The Morgan fingerprint density at radius 2 is 1.07 bits per heavy atom. The van der Waals surface area contributed by atoms with Crippen LogP contribution in [0, 0.1) is 0 Å². The Labute approximate surface area is 235 Å². The minimum Gasteiger partial charge on any atom is -0.458 e. The maximum Gasteiger partial charge on any atom is 0.338 e. The summed E-state index contributed by atoms with van der Waals surface area (Å²) in [6.45, 7) is -0.419. The highest BCUT2D eigenvalue weighted by atomic mass is 16.6. The van der Waals surface area contributed by atoms with E-state index < -0.39 is 36.7 Å². The molecule has 0 aliphatic heterocycles. The number of carbonyl (C=O) groups excluding carboxylic acids is 3. The van der Waals surface area contributed by atoms with Crippen molar-refractivity contribution >= 4 is 17.9 Å². The summed E-state index contributed by atoms with van der Waals surface area (Å²) in [4.78, 5) is 40.5. The molecule has 0 saturated carbocycles. The molecule has 41 heavy (non-hydrogen) atoms. The molecule has 5 rings (SSSR count). The van der Waals surface area contributed by atoms with Gasteiger partial charge in [0.25, 0.3) is 0 Å². The van der Waals surface area contributed by atoms with Crippen LogP contribution in [-0.4, -0.2) is 45.6 Å². The molecule has 9 heteroatoms. The standard InChI is InChI=1S/C32H25N3O6/c36-30(23-13-5-1-6-14-23)39-22-28(40-31(37)24-15-7-2-8-16-24)29(41-32(38)25-17-9-3-10-18-25)27-21-33-35(34-27)26-19-11-4-12-20-26/h1-21,28-29H,22H2/t28-,29-/m0/s1. The van der Waals surface area contributed by atoms with Crippen molar-refractivity contribution in [2.45, 2.75) is 12.2 Å². The molecule has 204 valence electrons. The molecule has 0 fully saturated rings. The van der Waals surface area contributed by atoms with E-state index in [1.54, 1.807) is 91.0 Å². The first kappa shape index (κ1) is 27.0. The van der Waals surface area contributed by atoms with Gasteiger partial charge in [0.05, 0.1) is 28.6 Å². The quantitative estimate of drug-likeness (QED) is 0.172. The van der Waals surface area contributed by atoms with Crippen LogP contribution >= 0.6 is 0 Å². The van der Waals surface area contributed by atoms with Crippen molar-refractivity contribution in [3.63, 3.8) is 0 Å². The zero-order valence-corrected chi connectivity index (χ0v) is 21.8. The second kappa shape index (κ2) is 13.0. The predicted octanol–water partition coefficient (Wildman–Crippen LogP) is 5.25. The zero-order valence-electron chi connectivity index (χ0n) is 21.8. The van der Waals surface area contributed by atoms with Gasteiger partial charge < -0.3 is 14.2 Å². The number of hydrogen-bond acceptors (Lipinski definition) is 8. The molecule has 0 aliphatic rings. The number of ether oxygens (including phenoxy) is 3. The summed E-state index contributed by atoms with van der Waals surface area (Å²) < 4.78 is 17.3. The van der Waals surface area contributed by atoms with Crippen LogP contribution in [-0.2, 0) is 14.2 Å². The van der Waals surface area contributed by atoms with Gasteiger partial charge in [0.2, 0.25) is 0 Å². The van der Waals surface area contributed by atoms with Crippen LogP contribution < -0.4 is 0 Å². The number of para-hydroxylation sites is 1. The van der Waals surface area contributed by atoms with Crippen LogP contribution in [0.25, 0.3) is 5.69 Å². The average Bonchev–Trinajstić information content (AvgIpc) is 3.53. The molecule has 0 aliphatic carbocycles. The number of aromatic nitrogens is 3. The van der Waals surface area contributed by atoms with Crippen molar-refractivity contribution in [3.05, 3.63) is 150 Å². The third-order valence-electron chi connectivity index (χ3n) is 6.03. The van der Waals surface area contributed by atoms with Gasteiger partial charge in [-0.15, -0.1) is 5.10 Å². The first-order valence-corrected chi connectivity index (χ1v) is 12.8. The van der Waals surface area contributed by atoms with Gasteiger partial charge in [-0.1, -0.05) is 72.8 Å². The summed E-state index contributed by atoms with van der Waals surface area (Å²) in [5.74, 6) is -2.00. The van der Waals surface area contributed by atoms with Crippen molar-refractivity contribution in [1.29, 1.82) is 0 Å². The van der Waals surface area contributed by atoms with Gasteiger partial charge in [0, 0.05) is 0 Å². The summed E-state index contributed by atoms with van der Waals surface area (Å²) in [7, 11) is 0. The molecule has 1 aromatic heterocycles. The molecule has 5 aromatic rings. The lowest BCUT2D eigenvalue weighted by atomic mass is 10.1. The molecule has 0 bridgehead atoms. The molecule has 4 aromatic carbocycles. The smallest absolute Gasteiger partial charge is 0.338 e. The third kappa shape index (κ3) is 6.90. The number of carbonyl (C=O) groups is 3. The van der Waals surface area contributed by atoms with Gasteiger partial charge in [-0.3, -0.25) is 0 Å². The van der Waals surface area contributed by atoms with Crippen molar-refractivity contribution in [2.24, 2.45) is 0 Å². The molecule has 0 radical (unpaired) electrons. The number of benzene rings is 4. The Kier molecular flexibility index (Phi) is 8.56. The van der Waals surface area contributed by atoms with Crippen LogP contribution in [0.15, 0.2) is 128 Å². The van der Waals surface area contributed by atoms with Crippen LogP contribution in [0.4, 0.5) is 0 Å². The summed E-state index contributed by atoms with van der Waals surface area (Å²) in [6.07, 6.45) is -1.11. The van der Waals surface area contributed by atoms with Crippen molar-refractivity contribution in [2.75, 3.05) is 6.61 Å². The Hall–Kier alpha value is -5.57. The molecule has 9 nitrogen and oxygen atoms in total. The monoisotopic (exact) mass is 547 g/mol. The second-order valence-electron chi connectivity index (χ2n) is 8.86. The Balaban J connectivity index is 1.49. The van der Waals surface area contributed by atoms with Crippen molar-refractivity contribution < 1.29 is 28.6 Å². The molecule has 0 unspecified atom stereocenters. The number of rotatable bonds is 10. The van der Waals surface area contributed by atoms with E-state index in [-0.39, 0.29) is 16.8 Å². The topological polar surface area (TPSA) is 110 Å². The van der Waals surface area contributed by atoms with E-state index in [1.165, 1.54) is 11.0 Å². The predicted molar refractivity (Wildman–Crippen MR) is 148 cm³/mol. The second-order valence-corrected chi connectivity index (χ2v) is 8.86. The van der Waals surface area contributed by atoms with Crippen LogP contribution in [0.1, 0.15) is 42.9 Å². The van der Waals surface area contributed by atoms with Crippen LogP contribution in [0.5, 0.6) is 0 Å². The lowest BCUT2D eigenvalue weighted by Gasteiger charge is -2.25. The van der Waals surface area contributed by atoms with Gasteiger partial charge in [0.15, 0.2) is 12.2 Å². The molecule has 1 heterocycles. The Morgan fingerprint density at radius 1 is 0.610 bits per heavy atom. The van der Waals surface area contributed by atoms with E-state index in [0.29, 0.717) is 11.3 Å². The van der Waals surface area contributed by atoms with Gasteiger partial charge in [-0.25, -0.2) is 14.4 Å². The highest BCUT2D eigenvalue weighted by Gasteiger charge is 2.35. The molecule has 0 saturated heterocycles. The molecule has 0 spiro atoms. The maximum absolute atomic E-state index is 13.2. The van der Waals surface area contributed by atoms with E-state index in [4.69, 9.17) is 14.2 Å². The SMILES string of the molecule is O=C(OC[C@H](OC(=O)c1ccccc1)[C@@H](OC(=O)c1ccccc1)c1cnn(-c2ccccc2)n1)c1ccccc1. The summed E-state index contributed by atoms with van der Waals surface area (Å²) in [5.41, 5.74) is 1.73. The average molecular weight is 548 g/mol. The minimum atomic E-state index is -1.27. The fraction of sp³-hybridized carbons (Fsp3) is 0.0938.